The van der Waals surface area contributed by atoms with Crippen LogP contribution in [0, 0.1) is 11.6 Å². The third-order valence-electron chi connectivity index (χ3n) is 2.92. The SMILES string of the molecule is C[C@H]1CNCCN1S(=O)(=O)c1cc(F)ccc1F. The van der Waals surface area contributed by atoms with E-state index < -0.39 is 26.6 Å². The summed E-state index contributed by atoms with van der Waals surface area (Å²) in [6.07, 6.45) is 0. The van der Waals surface area contributed by atoms with Crippen LogP contribution in [0.25, 0.3) is 0 Å². The Morgan fingerprint density at radius 2 is 2.11 bits per heavy atom. The lowest BCUT2D eigenvalue weighted by molar-refractivity contribution is 0.282. The number of nitrogens with one attached hydrogen (secondary N) is 1. The van der Waals surface area contributed by atoms with E-state index in [2.05, 4.69) is 5.32 Å². The largest absolute Gasteiger partial charge is 0.314 e. The summed E-state index contributed by atoms with van der Waals surface area (Å²) in [5.41, 5.74) is 0. The number of halogens is 2. The lowest BCUT2D eigenvalue weighted by atomic mass is 10.3. The molecule has 4 nitrogen and oxygen atoms in total. The number of nitrogens with zero attached hydrogens (tertiary/aromatic N) is 1. The molecule has 0 amide bonds. The second-order valence-electron chi connectivity index (χ2n) is 4.24. The lowest BCUT2D eigenvalue weighted by Gasteiger charge is -2.32. The van der Waals surface area contributed by atoms with Gasteiger partial charge in [0.1, 0.15) is 16.5 Å². The predicted octanol–water partition coefficient (Wildman–Crippen LogP) is 0.947. The second-order valence-corrected chi connectivity index (χ2v) is 6.10. The number of benzene rings is 1. The highest BCUT2D eigenvalue weighted by atomic mass is 32.2. The summed E-state index contributed by atoms with van der Waals surface area (Å²) in [6, 6.07) is 2.16. The van der Waals surface area contributed by atoms with Crippen molar-refractivity contribution in [2.45, 2.75) is 17.9 Å². The Labute approximate surface area is 105 Å². The number of rotatable bonds is 2. The molecule has 1 saturated heterocycles. The van der Waals surface area contributed by atoms with Gasteiger partial charge in [-0.3, -0.25) is 0 Å². The third kappa shape index (κ3) is 2.38. The van der Waals surface area contributed by atoms with Crippen molar-refractivity contribution in [3.05, 3.63) is 29.8 Å². The van der Waals surface area contributed by atoms with Crippen molar-refractivity contribution in [3.63, 3.8) is 0 Å². The molecule has 0 aromatic heterocycles. The van der Waals surface area contributed by atoms with Crippen LogP contribution in [0.5, 0.6) is 0 Å². The van der Waals surface area contributed by atoms with E-state index in [4.69, 9.17) is 0 Å². The van der Waals surface area contributed by atoms with Gasteiger partial charge in [-0.05, 0) is 25.1 Å². The zero-order valence-electron chi connectivity index (χ0n) is 9.86. The number of hydrogen-bond donors (Lipinski definition) is 1. The predicted molar refractivity (Wildman–Crippen MR) is 62.6 cm³/mol. The molecule has 0 spiro atoms. The molecule has 2 rings (SSSR count). The molecule has 100 valence electrons. The Morgan fingerprint density at radius 3 is 2.78 bits per heavy atom. The molecule has 18 heavy (non-hydrogen) atoms. The Morgan fingerprint density at radius 1 is 1.39 bits per heavy atom. The minimum Gasteiger partial charge on any atom is -0.314 e. The standard InChI is InChI=1S/C11H14F2N2O2S/c1-8-7-14-4-5-15(8)18(16,17)11-6-9(12)2-3-10(11)13/h2-3,6,8,14H,4-5,7H2,1H3/t8-/m0/s1. The molecular formula is C11H14F2N2O2S. The first kappa shape index (κ1) is 13.4. The molecule has 0 unspecified atom stereocenters. The fourth-order valence-electron chi connectivity index (χ4n) is 1.98. The lowest BCUT2D eigenvalue weighted by Crippen LogP contribution is -2.52. The van der Waals surface area contributed by atoms with Crippen LogP contribution in [-0.4, -0.2) is 38.4 Å². The molecule has 7 heteroatoms. The molecule has 0 bridgehead atoms. The highest BCUT2D eigenvalue weighted by Crippen LogP contribution is 2.22. The molecular weight excluding hydrogens is 262 g/mol. The van der Waals surface area contributed by atoms with Crippen molar-refractivity contribution in [1.29, 1.82) is 0 Å². The van der Waals surface area contributed by atoms with Gasteiger partial charge in [0.15, 0.2) is 0 Å². The molecule has 1 aromatic rings. The maximum atomic E-state index is 13.6. The summed E-state index contributed by atoms with van der Waals surface area (Å²) in [5, 5.41) is 3.04. The van der Waals surface area contributed by atoms with Gasteiger partial charge < -0.3 is 5.32 Å². The molecule has 1 atom stereocenters. The smallest absolute Gasteiger partial charge is 0.246 e. The Hall–Kier alpha value is -1.05. The van der Waals surface area contributed by atoms with Crippen LogP contribution < -0.4 is 5.32 Å². The fourth-order valence-corrected chi connectivity index (χ4v) is 3.69. The van der Waals surface area contributed by atoms with Crippen molar-refractivity contribution in [3.8, 4) is 0 Å². The van der Waals surface area contributed by atoms with Crippen LogP contribution in [0.15, 0.2) is 23.1 Å². The molecule has 1 fully saturated rings. The van der Waals surface area contributed by atoms with E-state index in [-0.39, 0.29) is 12.6 Å². The minimum atomic E-state index is -3.99. The Bertz CT molecular complexity index is 548. The number of sulfonamides is 1. The van der Waals surface area contributed by atoms with Gasteiger partial charge in [0.2, 0.25) is 10.0 Å². The third-order valence-corrected chi connectivity index (χ3v) is 4.95. The van der Waals surface area contributed by atoms with Crippen LogP contribution >= 0.6 is 0 Å². The molecule has 0 radical (unpaired) electrons. The van der Waals surface area contributed by atoms with E-state index in [9.17, 15) is 17.2 Å². The molecule has 0 saturated carbocycles. The zero-order valence-corrected chi connectivity index (χ0v) is 10.7. The van der Waals surface area contributed by atoms with Crippen LogP contribution in [0.1, 0.15) is 6.92 Å². The van der Waals surface area contributed by atoms with E-state index in [0.29, 0.717) is 13.1 Å². The molecule has 1 heterocycles. The van der Waals surface area contributed by atoms with Gasteiger partial charge in [-0.15, -0.1) is 0 Å². The normalized spacial score (nSPS) is 22.1. The van der Waals surface area contributed by atoms with Crippen molar-refractivity contribution in [2.75, 3.05) is 19.6 Å². The molecule has 1 N–H and O–H groups in total. The van der Waals surface area contributed by atoms with E-state index >= 15 is 0 Å². The monoisotopic (exact) mass is 276 g/mol. The average molecular weight is 276 g/mol. The molecule has 1 aliphatic heterocycles. The van der Waals surface area contributed by atoms with Gasteiger partial charge in [0.25, 0.3) is 0 Å². The number of piperazine rings is 1. The van der Waals surface area contributed by atoms with Gasteiger partial charge in [-0.1, -0.05) is 0 Å². The van der Waals surface area contributed by atoms with Crippen molar-refractivity contribution < 1.29 is 17.2 Å². The summed E-state index contributed by atoms with van der Waals surface area (Å²) < 4.78 is 52.4. The molecule has 1 aromatic carbocycles. The van der Waals surface area contributed by atoms with Crippen LogP contribution in [-0.2, 0) is 10.0 Å². The topological polar surface area (TPSA) is 49.4 Å². The maximum absolute atomic E-state index is 13.6. The van der Waals surface area contributed by atoms with E-state index in [1.54, 1.807) is 6.92 Å². The van der Waals surface area contributed by atoms with Gasteiger partial charge in [-0.2, -0.15) is 4.31 Å². The van der Waals surface area contributed by atoms with Gasteiger partial charge >= 0.3 is 0 Å². The van der Waals surface area contributed by atoms with E-state index in [0.717, 1.165) is 18.2 Å². The average Bonchev–Trinajstić information content (AvgIpc) is 2.32. The van der Waals surface area contributed by atoms with Gasteiger partial charge in [0.05, 0.1) is 0 Å². The van der Waals surface area contributed by atoms with Crippen LogP contribution in [0.4, 0.5) is 8.78 Å². The maximum Gasteiger partial charge on any atom is 0.246 e. The second kappa shape index (κ2) is 4.91. The summed E-state index contributed by atoms with van der Waals surface area (Å²) in [4.78, 5) is -0.601. The fraction of sp³-hybridized carbons (Fsp3) is 0.455. The highest BCUT2D eigenvalue weighted by molar-refractivity contribution is 7.89. The van der Waals surface area contributed by atoms with Crippen molar-refractivity contribution >= 4 is 10.0 Å². The summed E-state index contributed by atoms with van der Waals surface area (Å²) >= 11 is 0. The molecule has 0 aliphatic carbocycles. The highest BCUT2D eigenvalue weighted by Gasteiger charge is 2.33. The zero-order chi connectivity index (χ0) is 13.3. The Kier molecular flexibility index (Phi) is 3.65. The number of hydrogen-bond acceptors (Lipinski definition) is 3. The summed E-state index contributed by atoms with van der Waals surface area (Å²) in [7, 11) is -3.99. The van der Waals surface area contributed by atoms with Crippen molar-refractivity contribution in [2.24, 2.45) is 0 Å². The first-order valence-electron chi connectivity index (χ1n) is 5.60. The van der Waals surface area contributed by atoms with Gasteiger partial charge in [-0.25, -0.2) is 17.2 Å². The van der Waals surface area contributed by atoms with Crippen LogP contribution in [0.2, 0.25) is 0 Å². The van der Waals surface area contributed by atoms with E-state index in [1.165, 1.54) is 4.31 Å². The van der Waals surface area contributed by atoms with E-state index in [1.807, 2.05) is 0 Å². The first-order chi connectivity index (χ1) is 8.43. The Balaban J connectivity index is 2.44. The molecule has 1 aliphatic rings. The quantitative estimate of drug-likeness (QED) is 0.875. The summed E-state index contributed by atoms with van der Waals surface area (Å²) in [5.74, 6) is -1.69. The summed E-state index contributed by atoms with van der Waals surface area (Å²) in [6.45, 7) is 2.97. The minimum absolute atomic E-state index is 0.249. The van der Waals surface area contributed by atoms with Crippen LogP contribution in [0.3, 0.4) is 0 Å². The van der Waals surface area contributed by atoms with Gasteiger partial charge in [0, 0.05) is 25.7 Å². The van der Waals surface area contributed by atoms with Crippen molar-refractivity contribution in [1.82, 2.24) is 9.62 Å². The first-order valence-corrected chi connectivity index (χ1v) is 7.04.